The lowest BCUT2D eigenvalue weighted by atomic mass is 10.0. The van der Waals surface area contributed by atoms with Crippen LogP contribution in [0.5, 0.6) is 5.75 Å². The van der Waals surface area contributed by atoms with Crippen molar-refractivity contribution in [1.29, 1.82) is 0 Å². The number of fused-ring (bicyclic) bond motifs is 2. The second-order valence-electron chi connectivity index (χ2n) is 8.91. The number of carbonyl (C=O) groups excluding carboxylic acids is 1. The molecule has 35 heavy (non-hydrogen) atoms. The monoisotopic (exact) mass is 481 g/mol. The lowest BCUT2D eigenvalue weighted by Crippen LogP contribution is -2.46. The molecule has 0 aromatic heterocycles. The molecule has 182 valence electrons. The Hall–Kier alpha value is -3.39. The summed E-state index contributed by atoms with van der Waals surface area (Å²) in [5.74, 6) is 0.453. The first-order valence-electron chi connectivity index (χ1n) is 11.8. The number of alkyl halides is 3. The van der Waals surface area contributed by atoms with Gasteiger partial charge in [0.25, 0.3) is 5.91 Å². The van der Waals surface area contributed by atoms with Gasteiger partial charge in [0.15, 0.2) is 0 Å². The number of anilines is 1. The number of rotatable bonds is 7. The minimum atomic E-state index is -4.35. The third-order valence-electron chi connectivity index (χ3n) is 6.61. The van der Waals surface area contributed by atoms with E-state index in [2.05, 4.69) is 14.8 Å². The molecular formula is C27H26F3N3O2. The second kappa shape index (κ2) is 9.70. The van der Waals surface area contributed by atoms with Crippen LogP contribution in [-0.4, -0.2) is 56.4 Å². The maximum atomic E-state index is 13.2. The molecule has 0 spiro atoms. The van der Waals surface area contributed by atoms with Crippen molar-refractivity contribution in [3.8, 4) is 5.75 Å². The molecule has 0 saturated carbocycles. The number of carbonyl (C=O) groups is 1. The van der Waals surface area contributed by atoms with Crippen LogP contribution in [0.2, 0.25) is 0 Å². The number of benzene rings is 3. The molecule has 2 aliphatic rings. The number of amides is 1. The van der Waals surface area contributed by atoms with Gasteiger partial charge in [-0.1, -0.05) is 18.2 Å². The van der Waals surface area contributed by atoms with Crippen molar-refractivity contribution >= 4 is 28.6 Å². The summed E-state index contributed by atoms with van der Waals surface area (Å²) < 4.78 is 45.5. The van der Waals surface area contributed by atoms with E-state index in [0.717, 1.165) is 68.3 Å². The normalized spacial score (nSPS) is 16.2. The standard InChI is InChI=1S/C27H26F3N3O2/c28-27(29,30)21-8-6-19-4-3-5-25(23(19)16-21)33-13-11-32(12-14-33)10-1-2-15-35-22-9-7-20-18-31-26(34)24(20)17-22/h3-9,16-18H,1-2,10-15H2. The zero-order valence-electron chi connectivity index (χ0n) is 19.2. The molecule has 0 bridgehead atoms. The van der Waals surface area contributed by atoms with E-state index in [0.29, 0.717) is 23.3 Å². The van der Waals surface area contributed by atoms with Crippen LogP contribution in [0.25, 0.3) is 10.8 Å². The van der Waals surface area contributed by atoms with Gasteiger partial charge in [0.2, 0.25) is 0 Å². The van der Waals surface area contributed by atoms with Crippen LogP contribution < -0.4 is 9.64 Å². The molecule has 5 rings (SSSR count). The molecule has 1 saturated heterocycles. The fourth-order valence-corrected chi connectivity index (χ4v) is 4.67. The first kappa shape index (κ1) is 23.4. The van der Waals surface area contributed by atoms with E-state index in [1.54, 1.807) is 18.3 Å². The number of halogens is 3. The Labute approximate surface area is 201 Å². The summed E-state index contributed by atoms with van der Waals surface area (Å²) >= 11 is 0. The third-order valence-corrected chi connectivity index (χ3v) is 6.61. The summed E-state index contributed by atoms with van der Waals surface area (Å²) in [5, 5.41) is 1.46. The summed E-state index contributed by atoms with van der Waals surface area (Å²) in [6.07, 6.45) is -0.904. The van der Waals surface area contributed by atoms with E-state index in [4.69, 9.17) is 4.74 Å². The first-order valence-corrected chi connectivity index (χ1v) is 11.8. The Morgan fingerprint density at radius 2 is 1.77 bits per heavy atom. The first-order chi connectivity index (χ1) is 16.9. The van der Waals surface area contributed by atoms with Crippen molar-refractivity contribution in [2.45, 2.75) is 19.0 Å². The van der Waals surface area contributed by atoms with Gasteiger partial charge in [0, 0.05) is 49.0 Å². The van der Waals surface area contributed by atoms with Crippen LogP contribution in [0.4, 0.5) is 18.9 Å². The fraction of sp³-hybridized carbons (Fsp3) is 0.333. The predicted octanol–water partition coefficient (Wildman–Crippen LogP) is 5.41. The van der Waals surface area contributed by atoms with Crippen molar-refractivity contribution in [2.24, 2.45) is 4.99 Å². The third kappa shape index (κ3) is 5.17. The van der Waals surface area contributed by atoms with E-state index in [1.165, 1.54) is 6.07 Å². The zero-order valence-corrected chi connectivity index (χ0v) is 19.2. The van der Waals surface area contributed by atoms with Crippen molar-refractivity contribution in [3.05, 3.63) is 71.3 Å². The number of piperazine rings is 1. The Kier molecular flexibility index (Phi) is 6.47. The molecule has 0 atom stereocenters. The highest BCUT2D eigenvalue weighted by molar-refractivity contribution is 6.13. The number of unbranched alkanes of at least 4 members (excludes halogenated alkanes) is 1. The topological polar surface area (TPSA) is 45.1 Å². The quantitative estimate of drug-likeness (QED) is 0.423. The van der Waals surface area contributed by atoms with Gasteiger partial charge in [-0.05, 0) is 61.2 Å². The molecule has 2 heterocycles. The van der Waals surface area contributed by atoms with E-state index in [-0.39, 0.29) is 5.91 Å². The Bertz CT molecular complexity index is 1260. The number of aliphatic imine (C=N–C) groups is 1. The zero-order chi connectivity index (χ0) is 24.4. The summed E-state index contributed by atoms with van der Waals surface area (Å²) in [6.45, 7) is 4.80. The summed E-state index contributed by atoms with van der Waals surface area (Å²) in [6, 6.07) is 15.1. The van der Waals surface area contributed by atoms with E-state index < -0.39 is 11.7 Å². The highest BCUT2D eigenvalue weighted by Gasteiger charge is 2.31. The second-order valence-corrected chi connectivity index (χ2v) is 8.91. The molecular weight excluding hydrogens is 455 g/mol. The lowest BCUT2D eigenvalue weighted by molar-refractivity contribution is -0.137. The number of hydrogen-bond acceptors (Lipinski definition) is 4. The van der Waals surface area contributed by atoms with Crippen LogP contribution in [0.1, 0.15) is 34.3 Å². The predicted molar refractivity (Wildman–Crippen MR) is 131 cm³/mol. The highest BCUT2D eigenvalue weighted by atomic mass is 19.4. The van der Waals surface area contributed by atoms with Crippen molar-refractivity contribution in [2.75, 3.05) is 44.2 Å². The van der Waals surface area contributed by atoms with Crippen LogP contribution >= 0.6 is 0 Å². The van der Waals surface area contributed by atoms with Gasteiger partial charge in [-0.25, -0.2) is 4.99 Å². The van der Waals surface area contributed by atoms with Gasteiger partial charge in [-0.15, -0.1) is 0 Å². The minimum Gasteiger partial charge on any atom is -0.494 e. The average molecular weight is 482 g/mol. The van der Waals surface area contributed by atoms with E-state index in [9.17, 15) is 18.0 Å². The van der Waals surface area contributed by atoms with Crippen molar-refractivity contribution in [1.82, 2.24) is 4.90 Å². The molecule has 8 heteroatoms. The summed E-state index contributed by atoms with van der Waals surface area (Å²) in [4.78, 5) is 20.0. The van der Waals surface area contributed by atoms with Gasteiger partial charge in [0.05, 0.1) is 17.7 Å². The van der Waals surface area contributed by atoms with Crippen LogP contribution in [0.3, 0.4) is 0 Å². The molecule has 0 unspecified atom stereocenters. The molecule has 1 fully saturated rings. The van der Waals surface area contributed by atoms with Crippen LogP contribution in [0, 0.1) is 0 Å². The molecule has 0 N–H and O–H groups in total. The van der Waals surface area contributed by atoms with Gasteiger partial charge in [-0.3, -0.25) is 9.69 Å². The Morgan fingerprint density at radius 1 is 0.943 bits per heavy atom. The molecule has 2 aliphatic heterocycles. The molecule has 0 aliphatic carbocycles. The fourth-order valence-electron chi connectivity index (χ4n) is 4.67. The van der Waals surface area contributed by atoms with Gasteiger partial charge in [-0.2, -0.15) is 13.2 Å². The van der Waals surface area contributed by atoms with Crippen LogP contribution in [0.15, 0.2) is 59.6 Å². The molecule has 0 radical (unpaired) electrons. The van der Waals surface area contributed by atoms with Gasteiger partial charge in [0.1, 0.15) is 5.75 Å². The maximum Gasteiger partial charge on any atom is 0.416 e. The Balaban J connectivity index is 1.10. The van der Waals surface area contributed by atoms with Gasteiger partial charge >= 0.3 is 6.18 Å². The SMILES string of the molecule is O=C1N=Cc2ccc(OCCCCN3CCN(c4cccc5ccc(C(F)(F)F)cc45)CC3)cc21. The molecule has 1 amide bonds. The van der Waals surface area contributed by atoms with Crippen molar-refractivity contribution in [3.63, 3.8) is 0 Å². The average Bonchev–Trinajstić information content (AvgIpc) is 3.23. The number of ether oxygens (including phenoxy) is 1. The molecule has 3 aromatic rings. The summed E-state index contributed by atoms with van der Waals surface area (Å²) in [7, 11) is 0. The van der Waals surface area contributed by atoms with Gasteiger partial charge < -0.3 is 9.64 Å². The van der Waals surface area contributed by atoms with Crippen LogP contribution in [-0.2, 0) is 6.18 Å². The Morgan fingerprint density at radius 3 is 2.57 bits per heavy atom. The van der Waals surface area contributed by atoms with E-state index >= 15 is 0 Å². The van der Waals surface area contributed by atoms with Crippen molar-refractivity contribution < 1.29 is 22.7 Å². The maximum absolute atomic E-state index is 13.2. The van der Waals surface area contributed by atoms with E-state index in [1.807, 2.05) is 30.3 Å². The largest absolute Gasteiger partial charge is 0.494 e. The highest BCUT2D eigenvalue weighted by Crippen LogP contribution is 2.35. The number of hydrogen-bond donors (Lipinski definition) is 0. The summed E-state index contributed by atoms with van der Waals surface area (Å²) in [5.41, 5.74) is 1.66. The smallest absolute Gasteiger partial charge is 0.416 e. The lowest BCUT2D eigenvalue weighted by Gasteiger charge is -2.36. The molecule has 3 aromatic carbocycles. The molecule has 5 nitrogen and oxygen atoms in total. The minimum absolute atomic E-state index is 0.228. The number of nitrogens with zero attached hydrogens (tertiary/aromatic N) is 3.